The van der Waals surface area contributed by atoms with Crippen molar-refractivity contribution in [1.29, 1.82) is 5.26 Å². The Morgan fingerprint density at radius 1 is 1.58 bits per heavy atom. The fourth-order valence-electron chi connectivity index (χ4n) is 2.26. The Hall–Kier alpha value is -2.13. The fourth-order valence-corrected chi connectivity index (χ4v) is 2.26. The molecule has 1 heterocycles. The minimum absolute atomic E-state index is 0.0824. The maximum absolute atomic E-state index is 13.6. The molecule has 2 rings (SSSR count). The number of nitrogens with zero attached hydrogens (tertiary/aromatic N) is 2. The second-order valence-electron chi connectivity index (χ2n) is 4.41. The summed E-state index contributed by atoms with van der Waals surface area (Å²) in [5.74, 6) is -2.25. The van der Waals surface area contributed by atoms with E-state index in [2.05, 4.69) is 0 Å². The highest BCUT2D eigenvalue weighted by Gasteiger charge is 2.37. The van der Waals surface area contributed by atoms with Crippen LogP contribution in [0.2, 0.25) is 0 Å². The average molecular weight is 264 g/mol. The minimum Gasteiger partial charge on any atom is -0.481 e. The lowest BCUT2D eigenvalue weighted by molar-refractivity contribution is -0.141. The van der Waals surface area contributed by atoms with E-state index in [0.29, 0.717) is 5.69 Å². The fraction of sp³-hybridized carbons (Fsp3) is 0.385. The number of carboxylic acids is 1. The summed E-state index contributed by atoms with van der Waals surface area (Å²) in [6, 6.07) is 5.69. The normalized spacial score (nSPS) is 21.9. The zero-order valence-corrected chi connectivity index (χ0v) is 10.3. The van der Waals surface area contributed by atoms with E-state index in [1.54, 1.807) is 18.0 Å². The van der Waals surface area contributed by atoms with Gasteiger partial charge in [0.15, 0.2) is 0 Å². The largest absolute Gasteiger partial charge is 0.481 e. The van der Waals surface area contributed by atoms with Gasteiger partial charge in [-0.2, -0.15) is 5.26 Å². The number of ether oxygens (including phenoxy) is 1. The van der Waals surface area contributed by atoms with Crippen LogP contribution in [0, 0.1) is 23.1 Å². The molecule has 1 aromatic rings. The van der Waals surface area contributed by atoms with Gasteiger partial charge in [0.1, 0.15) is 23.4 Å². The molecule has 1 N–H and O–H groups in total. The van der Waals surface area contributed by atoms with Crippen molar-refractivity contribution >= 4 is 11.7 Å². The molecule has 100 valence electrons. The zero-order chi connectivity index (χ0) is 14.0. The van der Waals surface area contributed by atoms with Crippen LogP contribution in [-0.2, 0) is 9.53 Å². The van der Waals surface area contributed by atoms with Gasteiger partial charge >= 0.3 is 5.97 Å². The van der Waals surface area contributed by atoms with Gasteiger partial charge in [-0.15, -0.1) is 0 Å². The summed E-state index contributed by atoms with van der Waals surface area (Å²) in [6.07, 6.45) is 0. The molecule has 1 aromatic carbocycles. The third kappa shape index (κ3) is 2.37. The monoisotopic (exact) mass is 264 g/mol. The van der Waals surface area contributed by atoms with Crippen LogP contribution in [0.1, 0.15) is 5.56 Å². The SMILES string of the molecule is CN(c1cccc(F)c1C#N)C1COCC1C(=O)O. The van der Waals surface area contributed by atoms with Crippen LogP contribution in [0.15, 0.2) is 18.2 Å². The van der Waals surface area contributed by atoms with E-state index in [1.807, 2.05) is 6.07 Å². The number of aliphatic carboxylic acids is 1. The molecular weight excluding hydrogens is 251 g/mol. The topological polar surface area (TPSA) is 73.6 Å². The Labute approximate surface area is 109 Å². The summed E-state index contributed by atoms with van der Waals surface area (Å²) in [4.78, 5) is 12.7. The summed E-state index contributed by atoms with van der Waals surface area (Å²) in [5, 5.41) is 18.1. The number of anilines is 1. The quantitative estimate of drug-likeness (QED) is 0.889. The number of benzene rings is 1. The van der Waals surface area contributed by atoms with Crippen LogP contribution in [0.3, 0.4) is 0 Å². The first-order valence-corrected chi connectivity index (χ1v) is 5.78. The summed E-state index contributed by atoms with van der Waals surface area (Å²) in [6.45, 7) is 0.371. The number of halogens is 1. The van der Waals surface area contributed by atoms with Gasteiger partial charge in [-0.1, -0.05) is 6.07 Å². The third-order valence-corrected chi connectivity index (χ3v) is 3.35. The first-order valence-electron chi connectivity index (χ1n) is 5.78. The molecule has 0 bridgehead atoms. The van der Waals surface area contributed by atoms with E-state index in [0.717, 1.165) is 0 Å². The van der Waals surface area contributed by atoms with Crippen molar-refractivity contribution < 1.29 is 19.0 Å². The van der Waals surface area contributed by atoms with Crippen LogP contribution in [-0.4, -0.2) is 37.4 Å². The molecule has 1 fully saturated rings. The van der Waals surface area contributed by atoms with Crippen molar-refractivity contribution in [1.82, 2.24) is 0 Å². The number of carbonyl (C=O) groups is 1. The van der Waals surface area contributed by atoms with Gasteiger partial charge in [-0.25, -0.2) is 4.39 Å². The van der Waals surface area contributed by atoms with Gasteiger partial charge in [0.05, 0.1) is 24.9 Å². The van der Waals surface area contributed by atoms with E-state index >= 15 is 0 Å². The van der Waals surface area contributed by atoms with Crippen molar-refractivity contribution in [3.05, 3.63) is 29.6 Å². The van der Waals surface area contributed by atoms with Crippen molar-refractivity contribution in [2.45, 2.75) is 6.04 Å². The average Bonchev–Trinajstić information content (AvgIpc) is 2.86. The molecule has 2 unspecified atom stereocenters. The van der Waals surface area contributed by atoms with Gasteiger partial charge in [-0.05, 0) is 12.1 Å². The van der Waals surface area contributed by atoms with Crippen LogP contribution >= 0.6 is 0 Å². The predicted molar refractivity (Wildman–Crippen MR) is 65.3 cm³/mol. The lowest BCUT2D eigenvalue weighted by Gasteiger charge is -2.29. The summed E-state index contributed by atoms with van der Waals surface area (Å²) in [5.41, 5.74) is 0.297. The molecule has 1 saturated heterocycles. The van der Waals surface area contributed by atoms with E-state index in [1.165, 1.54) is 12.1 Å². The smallest absolute Gasteiger partial charge is 0.311 e. The van der Waals surface area contributed by atoms with Gasteiger partial charge in [0, 0.05) is 7.05 Å². The molecule has 19 heavy (non-hydrogen) atoms. The van der Waals surface area contributed by atoms with Crippen molar-refractivity contribution in [3.63, 3.8) is 0 Å². The van der Waals surface area contributed by atoms with Crippen molar-refractivity contribution in [2.75, 3.05) is 25.2 Å². The zero-order valence-electron chi connectivity index (χ0n) is 10.3. The first kappa shape index (κ1) is 13.3. The van der Waals surface area contributed by atoms with Crippen molar-refractivity contribution in [3.8, 4) is 6.07 Å². The van der Waals surface area contributed by atoms with E-state index in [9.17, 15) is 9.18 Å². The third-order valence-electron chi connectivity index (χ3n) is 3.35. The first-order chi connectivity index (χ1) is 9.06. The summed E-state index contributed by atoms with van der Waals surface area (Å²) < 4.78 is 18.7. The maximum atomic E-state index is 13.6. The number of carboxylic acid groups (broad SMARTS) is 1. The molecule has 6 heteroatoms. The van der Waals surface area contributed by atoms with Gasteiger partial charge in [-0.3, -0.25) is 4.79 Å². The molecule has 0 amide bonds. The van der Waals surface area contributed by atoms with Gasteiger partial charge in [0.25, 0.3) is 0 Å². The van der Waals surface area contributed by atoms with Crippen LogP contribution in [0.25, 0.3) is 0 Å². The molecule has 0 saturated carbocycles. The highest BCUT2D eigenvalue weighted by Crippen LogP contribution is 2.28. The highest BCUT2D eigenvalue weighted by molar-refractivity contribution is 5.73. The number of hydrogen-bond acceptors (Lipinski definition) is 4. The second-order valence-corrected chi connectivity index (χ2v) is 4.41. The Kier molecular flexibility index (Phi) is 3.67. The molecule has 0 radical (unpaired) electrons. The number of nitriles is 1. The molecule has 0 aromatic heterocycles. The van der Waals surface area contributed by atoms with E-state index in [-0.39, 0.29) is 18.8 Å². The summed E-state index contributed by atoms with van der Waals surface area (Å²) in [7, 11) is 1.64. The highest BCUT2D eigenvalue weighted by atomic mass is 19.1. The molecule has 2 atom stereocenters. The Balaban J connectivity index is 2.35. The molecule has 1 aliphatic heterocycles. The van der Waals surface area contributed by atoms with Crippen LogP contribution in [0.5, 0.6) is 0 Å². The Morgan fingerprint density at radius 2 is 2.32 bits per heavy atom. The molecular formula is C13H13FN2O3. The molecule has 5 nitrogen and oxygen atoms in total. The Morgan fingerprint density at radius 3 is 2.95 bits per heavy atom. The Bertz CT molecular complexity index is 541. The lowest BCUT2D eigenvalue weighted by atomic mass is 10.0. The van der Waals surface area contributed by atoms with Crippen LogP contribution < -0.4 is 4.90 Å². The standard InChI is InChI=1S/C13H13FN2O3/c1-16(12-7-19-6-9(12)13(17)18)11-4-2-3-10(14)8(11)5-15/h2-4,9,12H,6-7H2,1H3,(H,17,18). The maximum Gasteiger partial charge on any atom is 0.311 e. The second kappa shape index (κ2) is 5.24. The number of rotatable bonds is 3. The molecule has 1 aliphatic rings. The van der Waals surface area contributed by atoms with Gasteiger partial charge < -0.3 is 14.7 Å². The van der Waals surface area contributed by atoms with Gasteiger partial charge in [0.2, 0.25) is 0 Å². The molecule has 0 aliphatic carbocycles. The minimum atomic E-state index is -0.954. The lowest BCUT2D eigenvalue weighted by Crippen LogP contribution is -2.41. The molecule has 0 spiro atoms. The predicted octanol–water partition coefficient (Wildman–Crippen LogP) is 1.23. The van der Waals surface area contributed by atoms with Crippen LogP contribution in [0.4, 0.5) is 10.1 Å². The van der Waals surface area contributed by atoms with Crippen molar-refractivity contribution in [2.24, 2.45) is 5.92 Å². The van der Waals surface area contributed by atoms with E-state index in [4.69, 9.17) is 15.1 Å². The summed E-state index contributed by atoms with van der Waals surface area (Å²) >= 11 is 0. The number of likely N-dealkylation sites (N-methyl/N-ethyl adjacent to an activating group) is 1. The number of hydrogen-bond donors (Lipinski definition) is 1. The van der Waals surface area contributed by atoms with E-state index < -0.39 is 23.7 Å².